The largest absolute Gasteiger partial charge is 0.382 e. The lowest BCUT2D eigenvalue weighted by Gasteiger charge is -2.27. The van der Waals surface area contributed by atoms with Crippen LogP contribution in [0, 0.1) is 23.0 Å². The van der Waals surface area contributed by atoms with E-state index in [-0.39, 0.29) is 23.7 Å². The third kappa shape index (κ3) is 3.09. The first-order valence-electron chi connectivity index (χ1n) is 8.27. The molecule has 8 nitrogen and oxygen atoms in total. The van der Waals surface area contributed by atoms with E-state index in [1.54, 1.807) is 11.0 Å². The first kappa shape index (κ1) is 17.4. The van der Waals surface area contributed by atoms with Crippen LogP contribution in [0.1, 0.15) is 5.56 Å². The summed E-state index contributed by atoms with van der Waals surface area (Å²) in [6.45, 7) is 0.248. The molecule has 1 aliphatic heterocycles. The summed E-state index contributed by atoms with van der Waals surface area (Å²) in [5.74, 6) is -0.588. The molecule has 0 amide bonds. The van der Waals surface area contributed by atoms with Crippen molar-refractivity contribution in [1.29, 1.82) is 5.26 Å². The monoisotopic (exact) mass is 380 g/mol. The van der Waals surface area contributed by atoms with Gasteiger partial charge in [0, 0.05) is 6.07 Å². The molecule has 10 heteroatoms. The molecule has 1 aromatic carbocycles. The number of nitriles is 1. The standard InChI is InChI=1S/C18H14F2N8/c19-10-1-2-14-15(4-10)28(12-3-11(20)6-23-7-12)16(27-14)8-24-18-13(5-21)17(22)25-9-26-18/h1-4,6-7,9,16,27H,8H2,(H3,22,24,25,26). The Morgan fingerprint density at radius 3 is 2.86 bits per heavy atom. The number of nitrogen functional groups attached to an aromatic ring is 1. The van der Waals surface area contributed by atoms with Crippen LogP contribution in [0.3, 0.4) is 0 Å². The molecule has 0 bridgehead atoms. The van der Waals surface area contributed by atoms with Crippen LogP contribution >= 0.6 is 0 Å². The Morgan fingerprint density at radius 1 is 1.21 bits per heavy atom. The van der Waals surface area contributed by atoms with E-state index in [0.29, 0.717) is 17.1 Å². The molecule has 1 atom stereocenters. The van der Waals surface area contributed by atoms with Gasteiger partial charge in [-0.1, -0.05) is 0 Å². The molecule has 28 heavy (non-hydrogen) atoms. The minimum Gasteiger partial charge on any atom is -0.382 e. The molecule has 0 radical (unpaired) electrons. The zero-order valence-electron chi connectivity index (χ0n) is 14.4. The van der Waals surface area contributed by atoms with Gasteiger partial charge in [0.25, 0.3) is 0 Å². The molecule has 3 aromatic rings. The number of benzene rings is 1. The van der Waals surface area contributed by atoms with Crippen LogP contribution in [0.25, 0.3) is 0 Å². The third-order valence-electron chi connectivity index (χ3n) is 4.27. The Labute approximate surface area is 158 Å². The minimum absolute atomic E-state index is 0.0657. The number of hydrogen-bond donors (Lipinski definition) is 3. The van der Waals surface area contributed by atoms with Crippen molar-refractivity contribution >= 4 is 28.7 Å². The summed E-state index contributed by atoms with van der Waals surface area (Å²) in [6.07, 6.45) is 3.40. The number of halogens is 2. The minimum atomic E-state index is -0.510. The maximum absolute atomic E-state index is 13.8. The van der Waals surface area contributed by atoms with Gasteiger partial charge in [0.2, 0.25) is 0 Å². The van der Waals surface area contributed by atoms with Crippen molar-refractivity contribution in [3.05, 3.63) is 60.2 Å². The zero-order chi connectivity index (χ0) is 19.7. The molecule has 2 aromatic heterocycles. The average molecular weight is 380 g/mol. The van der Waals surface area contributed by atoms with Crippen molar-refractivity contribution in [3.63, 3.8) is 0 Å². The molecule has 3 heterocycles. The molecule has 0 fully saturated rings. The van der Waals surface area contributed by atoms with Gasteiger partial charge in [-0.05, 0) is 18.2 Å². The van der Waals surface area contributed by atoms with Crippen molar-refractivity contribution in [2.45, 2.75) is 6.17 Å². The lowest BCUT2D eigenvalue weighted by atomic mass is 10.2. The Balaban J connectivity index is 1.67. The first-order valence-corrected chi connectivity index (χ1v) is 8.27. The van der Waals surface area contributed by atoms with Crippen LogP contribution in [0.15, 0.2) is 43.0 Å². The van der Waals surface area contributed by atoms with Crippen molar-refractivity contribution in [2.24, 2.45) is 0 Å². The van der Waals surface area contributed by atoms with Crippen LogP contribution in [-0.2, 0) is 0 Å². The normalized spacial score (nSPS) is 14.9. The molecule has 4 N–H and O–H groups in total. The van der Waals surface area contributed by atoms with Crippen LogP contribution in [0.2, 0.25) is 0 Å². The number of rotatable bonds is 4. The fourth-order valence-electron chi connectivity index (χ4n) is 3.07. The average Bonchev–Trinajstić information content (AvgIpc) is 3.03. The topological polar surface area (TPSA) is 116 Å². The van der Waals surface area contributed by atoms with Gasteiger partial charge in [0.1, 0.15) is 47.4 Å². The van der Waals surface area contributed by atoms with Gasteiger partial charge in [-0.3, -0.25) is 4.98 Å². The van der Waals surface area contributed by atoms with E-state index in [1.807, 2.05) is 6.07 Å². The summed E-state index contributed by atoms with van der Waals surface area (Å²) in [5, 5.41) is 15.5. The number of pyridine rings is 1. The van der Waals surface area contributed by atoms with Crippen LogP contribution in [-0.4, -0.2) is 27.7 Å². The summed E-state index contributed by atoms with van der Waals surface area (Å²) >= 11 is 0. The van der Waals surface area contributed by atoms with E-state index in [4.69, 9.17) is 5.73 Å². The first-order chi connectivity index (χ1) is 13.6. The highest BCUT2D eigenvalue weighted by Gasteiger charge is 2.31. The van der Waals surface area contributed by atoms with Crippen molar-refractivity contribution in [3.8, 4) is 6.07 Å². The Kier molecular flexibility index (Phi) is 4.33. The SMILES string of the molecule is N#Cc1c(N)ncnc1NCC1Nc2ccc(F)cc2N1c1cncc(F)c1. The van der Waals surface area contributed by atoms with Crippen LogP contribution < -0.4 is 21.3 Å². The lowest BCUT2D eigenvalue weighted by molar-refractivity contribution is 0.620. The molecule has 0 saturated carbocycles. The second-order valence-corrected chi connectivity index (χ2v) is 6.03. The summed E-state index contributed by atoms with van der Waals surface area (Å²) < 4.78 is 27.6. The molecule has 0 saturated heterocycles. The zero-order valence-corrected chi connectivity index (χ0v) is 14.4. The van der Waals surface area contributed by atoms with Gasteiger partial charge in [-0.15, -0.1) is 0 Å². The van der Waals surface area contributed by atoms with Gasteiger partial charge in [0.05, 0.1) is 36.0 Å². The highest BCUT2D eigenvalue weighted by molar-refractivity contribution is 5.82. The molecular formula is C18H14F2N8. The van der Waals surface area contributed by atoms with Crippen LogP contribution in [0.5, 0.6) is 0 Å². The predicted octanol–water partition coefficient (Wildman–Crippen LogP) is 2.61. The van der Waals surface area contributed by atoms with Gasteiger partial charge < -0.3 is 21.3 Å². The summed E-state index contributed by atoms with van der Waals surface area (Å²) in [6, 6.07) is 7.57. The molecule has 1 aliphatic rings. The molecule has 140 valence electrons. The fraction of sp³-hybridized carbons (Fsp3) is 0.111. The van der Waals surface area contributed by atoms with Gasteiger partial charge in [-0.25, -0.2) is 18.7 Å². The summed E-state index contributed by atoms with van der Waals surface area (Å²) in [7, 11) is 0. The van der Waals surface area contributed by atoms with Gasteiger partial charge >= 0.3 is 0 Å². The number of nitrogens with zero attached hydrogens (tertiary/aromatic N) is 5. The van der Waals surface area contributed by atoms with E-state index in [2.05, 4.69) is 25.6 Å². The highest BCUT2D eigenvalue weighted by Crippen LogP contribution is 2.40. The Hall–Kier alpha value is -4.00. The van der Waals surface area contributed by atoms with Crippen LogP contribution in [0.4, 0.5) is 37.5 Å². The van der Waals surface area contributed by atoms with E-state index in [9.17, 15) is 14.0 Å². The lowest BCUT2D eigenvalue weighted by Crippen LogP contribution is -2.38. The summed E-state index contributed by atoms with van der Waals surface area (Å²) in [4.78, 5) is 13.4. The van der Waals surface area contributed by atoms with Crippen molar-refractivity contribution in [1.82, 2.24) is 15.0 Å². The molecule has 0 spiro atoms. The summed E-state index contributed by atoms with van der Waals surface area (Å²) in [5.41, 5.74) is 7.51. The second kappa shape index (κ2) is 6.96. The third-order valence-corrected chi connectivity index (χ3v) is 4.27. The van der Waals surface area contributed by atoms with Gasteiger partial charge in [0.15, 0.2) is 0 Å². The van der Waals surface area contributed by atoms with Crippen molar-refractivity contribution < 1.29 is 8.78 Å². The molecule has 1 unspecified atom stereocenters. The maximum atomic E-state index is 13.8. The van der Waals surface area contributed by atoms with Gasteiger partial charge in [-0.2, -0.15) is 5.26 Å². The molecule has 4 rings (SSSR count). The van der Waals surface area contributed by atoms with E-state index >= 15 is 0 Å². The number of hydrogen-bond acceptors (Lipinski definition) is 8. The molecule has 0 aliphatic carbocycles. The number of fused-ring (bicyclic) bond motifs is 1. The fourth-order valence-corrected chi connectivity index (χ4v) is 3.07. The Morgan fingerprint density at radius 2 is 2.07 bits per heavy atom. The number of nitrogens with two attached hydrogens (primary N) is 1. The second-order valence-electron chi connectivity index (χ2n) is 6.03. The highest BCUT2D eigenvalue weighted by atomic mass is 19.1. The smallest absolute Gasteiger partial charge is 0.149 e. The predicted molar refractivity (Wildman–Crippen MR) is 99.8 cm³/mol. The van der Waals surface area contributed by atoms with E-state index < -0.39 is 17.8 Å². The van der Waals surface area contributed by atoms with E-state index in [0.717, 1.165) is 6.20 Å². The number of nitrogens with one attached hydrogen (secondary N) is 2. The molecular weight excluding hydrogens is 366 g/mol. The van der Waals surface area contributed by atoms with Crippen molar-refractivity contribution in [2.75, 3.05) is 27.8 Å². The number of anilines is 5. The number of aromatic nitrogens is 3. The quantitative estimate of drug-likeness (QED) is 0.633. The Bertz CT molecular complexity index is 1080. The maximum Gasteiger partial charge on any atom is 0.149 e. The van der Waals surface area contributed by atoms with E-state index in [1.165, 1.54) is 30.7 Å².